The number of amides is 1. The molecule has 10 heteroatoms. The van der Waals surface area contributed by atoms with E-state index < -0.39 is 0 Å². The number of carbonyl (C=O) groups is 1. The zero-order chi connectivity index (χ0) is 27.3. The summed E-state index contributed by atoms with van der Waals surface area (Å²) >= 11 is 15.8. The van der Waals surface area contributed by atoms with E-state index in [1.165, 1.54) is 6.42 Å². The van der Waals surface area contributed by atoms with Crippen LogP contribution in [0.3, 0.4) is 0 Å². The minimum atomic E-state index is -0.120. The molecule has 1 aliphatic heterocycles. The molecule has 4 rings (SSSR count). The SMILES string of the molecule is CC(C)C.O=C(CNc1cc(C2SCCCS2)nc(NCc2cccc(Cl)c2)n1)NCc1ccc(Cl)cc1. The fraction of sp³-hybridized carbons (Fsp3) is 0.393. The first-order chi connectivity index (χ1) is 18.3. The highest BCUT2D eigenvalue weighted by molar-refractivity contribution is 8.16. The molecule has 3 aromatic rings. The predicted molar refractivity (Wildman–Crippen MR) is 165 cm³/mol. The van der Waals surface area contributed by atoms with Gasteiger partial charge in [-0.25, -0.2) is 4.98 Å². The Kier molecular flexibility index (Phi) is 12.9. The highest BCUT2D eigenvalue weighted by Crippen LogP contribution is 2.43. The van der Waals surface area contributed by atoms with E-state index in [9.17, 15) is 4.79 Å². The van der Waals surface area contributed by atoms with Crippen molar-refractivity contribution in [1.82, 2.24) is 15.3 Å². The lowest BCUT2D eigenvalue weighted by Gasteiger charge is -2.21. The number of anilines is 2. The minimum Gasteiger partial charge on any atom is -0.361 e. The molecule has 0 aliphatic carbocycles. The topological polar surface area (TPSA) is 78.9 Å². The van der Waals surface area contributed by atoms with Gasteiger partial charge in [0, 0.05) is 29.2 Å². The Bertz CT molecular complexity index is 1160. The monoisotopic (exact) mass is 591 g/mol. The van der Waals surface area contributed by atoms with Gasteiger partial charge in [-0.3, -0.25) is 4.79 Å². The van der Waals surface area contributed by atoms with Crippen molar-refractivity contribution in [2.75, 3.05) is 28.7 Å². The van der Waals surface area contributed by atoms with Crippen LogP contribution in [0.2, 0.25) is 10.0 Å². The highest BCUT2D eigenvalue weighted by Gasteiger charge is 2.20. The van der Waals surface area contributed by atoms with Crippen LogP contribution >= 0.6 is 46.7 Å². The first-order valence-corrected chi connectivity index (χ1v) is 15.5. The predicted octanol–water partition coefficient (Wildman–Crippen LogP) is 7.65. The summed E-state index contributed by atoms with van der Waals surface area (Å²) in [7, 11) is 0. The van der Waals surface area contributed by atoms with Gasteiger partial charge in [0.05, 0.1) is 16.8 Å². The Morgan fingerprint density at radius 2 is 1.63 bits per heavy atom. The molecule has 0 atom stereocenters. The van der Waals surface area contributed by atoms with E-state index in [1.54, 1.807) is 0 Å². The molecule has 1 aliphatic rings. The van der Waals surface area contributed by atoms with Crippen molar-refractivity contribution in [3.63, 3.8) is 0 Å². The van der Waals surface area contributed by atoms with E-state index in [1.807, 2.05) is 78.1 Å². The third-order valence-corrected chi connectivity index (χ3v) is 8.43. The van der Waals surface area contributed by atoms with Crippen molar-refractivity contribution in [3.05, 3.63) is 81.5 Å². The maximum absolute atomic E-state index is 12.4. The molecule has 1 aromatic heterocycles. The number of benzene rings is 2. The van der Waals surface area contributed by atoms with Gasteiger partial charge >= 0.3 is 0 Å². The van der Waals surface area contributed by atoms with Crippen LogP contribution in [-0.2, 0) is 17.9 Å². The Morgan fingerprint density at radius 3 is 2.32 bits per heavy atom. The van der Waals surface area contributed by atoms with Crippen molar-refractivity contribution in [2.24, 2.45) is 5.92 Å². The second-order valence-corrected chi connectivity index (χ2v) is 13.0. The van der Waals surface area contributed by atoms with Crippen LogP contribution in [0.1, 0.15) is 48.6 Å². The van der Waals surface area contributed by atoms with Gasteiger partial charge in [0.1, 0.15) is 5.82 Å². The fourth-order valence-corrected chi connectivity index (χ4v) is 6.40. The Hall–Kier alpha value is -2.13. The lowest BCUT2D eigenvalue weighted by Crippen LogP contribution is -2.29. The van der Waals surface area contributed by atoms with Crippen molar-refractivity contribution in [3.8, 4) is 0 Å². The number of thioether (sulfide) groups is 2. The molecule has 204 valence electrons. The maximum atomic E-state index is 12.4. The summed E-state index contributed by atoms with van der Waals surface area (Å²) in [5.74, 6) is 4.08. The first-order valence-electron chi connectivity index (χ1n) is 12.6. The van der Waals surface area contributed by atoms with E-state index in [-0.39, 0.29) is 17.0 Å². The number of nitrogens with zero attached hydrogens (tertiary/aromatic N) is 2. The van der Waals surface area contributed by atoms with Gasteiger partial charge in [0.2, 0.25) is 11.9 Å². The summed E-state index contributed by atoms with van der Waals surface area (Å²) in [6, 6.07) is 17.0. The van der Waals surface area contributed by atoms with Crippen molar-refractivity contribution >= 4 is 64.4 Å². The smallest absolute Gasteiger partial charge is 0.239 e. The molecule has 2 aromatic carbocycles. The van der Waals surface area contributed by atoms with Gasteiger partial charge in [0.25, 0.3) is 0 Å². The van der Waals surface area contributed by atoms with E-state index >= 15 is 0 Å². The van der Waals surface area contributed by atoms with Crippen molar-refractivity contribution in [2.45, 2.75) is 44.9 Å². The summed E-state index contributed by atoms with van der Waals surface area (Å²) in [6.45, 7) is 7.60. The third-order valence-electron chi connectivity index (χ3n) is 4.99. The Labute approximate surface area is 244 Å². The molecular weight excluding hydrogens is 557 g/mol. The number of carbonyl (C=O) groups excluding carboxylic acids is 1. The summed E-state index contributed by atoms with van der Waals surface area (Å²) < 4.78 is 0.253. The number of hydrogen-bond donors (Lipinski definition) is 3. The van der Waals surface area contributed by atoms with Crippen molar-refractivity contribution in [1.29, 1.82) is 0 Å². The van der Waals surface area contributed by atoms with Gasteiger partial charge in [0.15, 0.2) is 0 Å². The number of halogens is 2. The van der Waals surface area contributed by atoms with Crippen LogP contribution in [0.15, 0.2) is 54.6 Å². The molecule has 0 unspecified atom stereocenters. The summed E-state index contributed by atoms with van der Waals surface area (Å²) in [4.78, 5) is 21.7. The largest absolute Gasteiger partial charge is 0.361 e. The average molecular weight is 593 g/mol. The first kappa shape index (κ1) is 30.4. The van der Waals surface area contributed by atoms with Gasteiger partial charge in [-0.15, -0.1) is 23.5 Å². The molecule has 2 heterocycles. The van der Waals surface area contributed by atoms with E-state index in [2.05, 4.69) is 41.7 Å². The highest BCUT2D eigenvalue weighted by atomic mass is 35.5. The quantitative estimate of drug-likeness (QED) is 0.236. The second-order valence-electron chi connectivity index (χ2n) is 9.40. The lowest BCUT2D eigenvalue weighted by molar-refractivity contribution is -0.119. The van der Waals surface area contributed by atoms with Gasteiger partial charge in [-0.2, -0.15) is 4.98 Å². The molecule has 1 fully saturated rings. The summed E-state index contributed by atoms with van der Waals surface area (Å²) in [6.07, 6.45) is 1.20. The summed E-state index contributed by atoms with van der Waals surface area (Å²) in [5, 5.41) is 10.7. The molecule has 6 nitrogen and oxygen atoms in total. The molecular formula is C28H35Cl2N5OS2. The maximum Gasteiger partial charge on any atom is 0.239 e. The van der Waals surface area contributed by atoms with Gasteiger partial charge in [-0.05, 0) is 59.2 Å². The normalized spacial score (nSPS) is 13.4. The second kappa shape index (κ2) is 16.1. The van der Waals surface area contributed by atoms with Crippen molar-refractivity contribution < 1.29 is 4.79 Å². The molecule has 1 saturated heterocycles. The summed E-state index contributed by atoms with van der Waals surface area (Å²) in [5.41, 5.74) is 2.97. The van der Waals surface area contributed by atoms with Crippen LogP contribution in [0, 0.1) is 5.92 Å². The van der Waals surface area contributed by atoms with Crippen LogP contribution in [0.25, 0.3) is 0 Å². The van der Waals surface area contributed by atoms with Gasteiger partial charge in [-0.1, -0.05) is 68.2 Å². The van der Waals surface area contributed by atoms with Crippen LogP contribution in [0.4, 0.5) is 11.8 Å². The van der Waals surface area contributed by atoms with Crippen LogP contribution in [0.5, 0.6) is 0 Å². The molecule has 1 amide bonds. The van der Waals surface area contributed by atoms with Crippen LogP contribution < -0.4 is 16.0 Å². The minimum absolute atomic E-state index is 0.114. The Morgan fingerprint density at radius 1 is 0.921 bits per heavy atom. The number of hydrogen-bond acceptors (Lipinski definition) is 7. The molecule has 3 N–H and O–H groups in total. The third kappa shape index (κ3) is 11.3. The van der Waals surface area contributed by atoms with E-state index in [0.717, 1.165) is 34.2 Å². The molecule has 38 heavy (non-hydrogen) atoms. The zero-order valence-corrected chi connectivity index (χ0v) is 25.1. The van der Waals surface area contributed by atoms with Crippen LogP contribution in [-0.4, -0.2) is 33.9 Å². The number of nitrogens with one attached hydrogen (secondary N) is 3. The number of aromatic nitrogens is 2. The number of rotatable bonds is 9. The lowest BCUT2D eigenvalue weighted by atomic mass is 10.2. The molecule has 0 radical (unpaired) electrons. The Balaban J connectivity index is 0.000000934. The fourth-order valence-electron chi connectivity index (χ4n) is 3.28. The van der Waals surface area contributed by atoms with E-state index in [0.29, 0.717) is 34.9 Å². The van der Waals surface area contributed by atoms with Gasteiger partial charge < -0.3 is 16.0 Å². The van der Waals surface area contributed by atoms with E-state index in [4.69, 9.17) is 28.2 Å². The standard InChI is InChI=1S/C24H25Cl2N5OS2.C4H10/c25-18-7-5-16(6-8-18)13-28-22(32)15-27-21-12-20(23-33-9-2-10-34-23)30-24(31-21)29-14-17-3-1-4-19(26)11-17;1-4(2)3/h1,3-8,11-12,23H,2,9-10,13-15H2,(H,28,32)(H2,27,29,30,31);4H,1-3H3. The molecule has 0 bridgehead atoms. The zero-order valence-electron chi connectivity index (χ0n) is 22.0. The molecule has 0 spiro atoms. The molecule has 0 saturated carbocycles. The average Bonchev–Trinajstić information content (AvgIpc) is 2.90.